The smallest absolute Gasteiger partial charge is 0.374 e. The average Bonchev–Trinajstić information content (AvgIpc) is 3.02. The number of anilines is 2. The lowest BCUT2D eigenvalue weighted by atomic mass is 10.1. The van der Waals surface area contributed by atoms with Gasteiger partial charge in [0.1, 0.15) is 6.04 Å². The van der Waals surface area contributed by atoms with Crippen molar-refractivity contribution in [3.8, 4) is 0 Å². The van der Waals surface area contributed by atoms with Gasteiger partial charge in [-0.15, -0.1) is 0 Å². The molecule has 1 aliphatic carbocycles. The third-order valence-corrected chi connectivity index (χ3v) is 4.37. The zero-order chi connectivity index (χ0) is 18.0. The Morgan fingerprint density at radius 1 is 1.08 bits per heavy atom. The van der Waals surface area contributed by atoms with Crippen LogP contribution in [0.2, 0.25) is 0 Å². The van der Waals surface area contributed by atoms with Gasteiger partial charge in [0.15, 0.2) is 0 Å². The highest BCUT2D eigenvalue weighted by Gasteiger charge is 2.33. The number of aryl methyl sites for hydroxylation is 2. The number of amides is 1. The maximum atomic E-state index is 13.0. The van der Waals surface area contributed by atoms with Gasteiger partial charge in [-0.05, 0) is 61.6 Å². The monoisotopic (exact) mass is 348 g/mol. The SMILES string of the molecule is CC(Nc1ccc2c(c1)CCC2)C(=O)Nc1ccccc1C(F)(F)F. The summed E-state index contributed by atoms with van der Waals surface area (Å²) < 4.78 is 39.0. The van der Waals surface area contributed by atoms with E-state index < -0.39 is 23.7 Å². The van der Waals surface area contributed by atoms with Crippen LogP contribution in [0.1, 0.15) is 30.0 Å². The van der Waals surface area contributed by atoms with E-state index in [0.29, 0.717) is 0 Å². The van der Waals surface area contributed by atoms with E-state index in [1.807, 2.05) is 18.2 Å². The van der Waals surface area contributed by atoms with E-state index in [9.17, 15) is 18.0 Å². The average molecular weight is 348 g/mol. The lowest BCUT2D eigenvalue weighted by Crippen LogP contribution is -2.32. The molecule has 0 saturated carbocycles. The minimum Gasteiger partial charge on any atom is -0.374 e. The second kappa shape index (κ2) is 6.78. The molecule has 0 spiro atoms. The Balaban J connectivity index is 1.69. The van der Waals surface area contributed by atoms with Crippen LogP contribution in [0.25, 0.3) is 0 Å². The van der Waals surface area contributed by atoms with E-state index >= 15 is 0 Å². The van der Waals surface area contributed by atoms with Crippen molar-refractivity contribution in [3.05, 3.63) is 59.2 Å². The Labute approximate surface area is 144 Å². The molecule has 1 unspecified atom stereocenters. The van der Waals surface area contributed by atoms with Gasteiger partial charge in [-0.1, -0.05) is 18.2 Å². The molecule has 0 saturated heterocycles. The van der Waals surface area contributed by atoms with E-state index in [0.717, 1.165) is 31.0 Å². The molecule has 132 valence electrons. The number of rotatable bonds is 4. The van der Waals surface area contributed by atoms with Gasteiger partial charge in [0.05, 0.1) is 11.3 Å². The number of nitrogens with one attached hydrogen (secondary N) is 2. The van der Waals surface area contributed by atoms with Crippen LogP contribution in [-0.2, 0) is 23.8 Å². The number of carbonyl (C=O) groups excluding carboxylic acids is 1. The summed E-state index contributed by atoms with van der Waals surface area (Å²) in [7, 11) is 0. The summed E-state index contributed by atoms with van der Waals surface area (Å²) in [5, 5.41) is 5.42. The number of para-hydroxylation sites is 1. The quantitative estimate of drug-likeness (QED) is 0.846. The van der Waals surface area contributed by atoms with Crippen LogP contribution in [0.3, 0.4) is 0 Å². The molecule has 6 heteroatoms. The summed E-state index contributed by atoms with van der Waals surface area (Å²) in [5.74, 6) is -0.516. The predicted octanol–water partition coefficient (Wildman–Crippen LogP) is 4.63. The van der Waals surface area contributed by atoms with Crippen molar-refractivity contribution in [2.45, 2.75) is 38.4 Å². The third kappa shape index (κ3) is 3.95. The van der Waals surface area contributed by atoms with Crippen molar-refractivity contribution in [3.63, 3.8) is 0 Å². The molecule has 3 nitrogen and oxygen atoms in total. The summed E-state index contributed by atoms with van der Waals surface area (Å²) in [5.41, 5.74) is 2.30. The fraction of sp³-hybridized carbons (Fsp3) is 0.316. The first-order chi connectivity index (χ1) is 11.8. The van der Waals surface area contributed by atoms with Crippen LogP contribution in [0.5, 0.6) is 0 Å². The summed E-state index contributed by atoms with van der Waals surface area (Å²) in [4.78, 5) is 12.3. The molecular formula is C19H19F3N2O. The second-order valence-corrected chi connectivity index (χ2v) is 6.24. The molecular weight excluding hydrogens is 329 g/mol. The lowest BCUT2D eigenvalue weighted by Gasteiger charge is -2.18. The van der Waals surface area contributed by atoms with Crippen molar-refractivity contribution in [1.82, 2.24) is 0 Å². The molecule has 2 aromatic carbocycles. The highest BCUT2D eigenvalue weighted by atomic mass is 19.4. The lowest BCUT2D eigenvalue weighted by molar-refractivity contribution is -0.137. The van der Waals surface area contributed by atoms with Crippen LogP contribution in [0, 0.1) is 0 Å². The van der Waals surface area contributed by atoms with Gasteiger partial charge in [0.2, 0.25) is 5.91 Å². The van der Waals surface area contributed by atoms with Gasteiger partial charge < -0.3 is 10.6 Å². The van der Waals surface area contributed by atoms with Gasteiger partial charge in [-0.3, -0.25) is 4.79 Å². The molecule has 0 aliphatic heterocycles. The van der Waals surface area contributed by atoms with Crippen LogP contribution in [-0.4, -0.2) is 11.9 Å². The summed E-state index contributed by atoms with van der Waals surface area (Å²) in [6.07, 6.45) is -1.30. The molecule has 0 heterocycles. The molecule has 0 aromatic heterocycles. The maximum Gasteiger partial charge on any atom is 0.418 e. The van der Waals surface area contributed by atoms with Crippen LogP contribution >= 0.6 is 0 Å². The predicted molar refractivity (Wildman–Crippen MR) is 91.6 cm³/mol. The third-order valence-electron chi connectivity index (χ3n) is 4.37. The van der Waals surface area contributed by atoms with Crippen LogP contribution < -0.4 is 10.6 Å². The van der Waals surface area contributed by atoms with Crippen molar-refractivity contribution < 1.29 is 18.0 Å². The molecule has 0 fully saturated rings. The Hall–Kier alpha value is -2.50. The minimum atomic E-state index is -4.51. The number of benzene rings is 2. The highest BCUT2D eigenvalue weighted by Crippen LogP contribution is 2.34. The molecule has 2 aromatic rings. The number of hydrogen-bond donors (Lipinski definition) is 2. The van der Waals surface area contributed by atoms with Gasteiger partial charge in [0, 0.05) is 5.69 Å². The Morgan fingerprint density at radius 2 is 1.80 bits per heavy atom. The summed E-state index contributed by atoms with van der Waals surface area (Å²) in [6, 6.07) is 10.2. The first kappa shape index (κ1) is 17.3. The standard InChI is InChI=1S/C19H19F3N2O/c1-12(23-15-10-9-13-5-4-6-14(13)11-15)18(25)24-17-8-3-2-7-16(17)19(20,21)22/h2-3,7-12,23H,4-6H2,1H3,(H,24,25). The number of alkyl halides is 3. The van der Waals surface area contributed by atoms with Crippen molar-refractivity contribution in [1.29, 1.82) is 0 Å². The van der Waals surface area contributed by atoms with Crippen molar-refractivity contribution in [2.24, 2.45) is 0 Å². The van der Waals surface area contributed by atoms with Gasteiger partial charge in [-0.2, -0.15) is 13.2 Å². The number of carbonyl (C=O) groups is 1. The topological polar surface area (TPSA) is 41.1 Å². The van der Waals surface area contributed by atoms with Gasteiger partial charge in [-0.25, -0.2) is 0 Å². The largest absolute Gasteiger partial charge is 0.418 e. The summed E-state index contributed by atoms with van der Waals surface area (Å²) >= 11 is 0. The minimum absolute atomic E-state index is 0.234. The molecule has 1 aliphatic rings. The number of halogens is 3. The van der Waals surface area contributed by atoms with E-state index in [1.165, 1.54) is 29.3 Å². The molecule has 0 bridgehead atoms. The van der Waals surface area contributed by atoms with Gasteiger partial charge in [0.25, 0.3) is 0 Å². The molecule has 2 N–H and O–H groups in total. The zero-order valence-electron chi connectivity index (χ0n) is 13.8. The molecule has 25 heavy (non-hydrogen) atoms. The molecule has 3 rings (SSSR count). The fourth-order valence-electron chi connectivity index (χ4n) is 3.06. The first-order valence-corrected chi connectivity index (χ1v) is 8.20. The van der Waals surface area contributed by atoms with E-state index in [2.05, 4.69) is 10.6 Å². The van der Waals surface area contributed by atoms with Gasteiger partial charge >= 0.3 is 6.18 Å². The second-order valence-electron chi connectivity index (χ2n) is 6.24. The van der Waals surface area contributed by atoms with Crippen molar-refractivity contribution >= 4 is 17.3 Å². The Morgan fingerprint density at radius 3 is 2.56 bits per heavy atom. The Kier molecular flexibility index (Phi) is 4.70. The molecule has 0 radical (unpaired) electrons. The zero-order valence-corrected chi connectivity index (χ0v) is 13.8. The normalized spacial score (nSPS) is 14.7. The number of hydrogen-bond acceptors (Lipinski definition) is 2. The van der Waals surface area contributed by atoms with E-state index in [1.54, 1.807) is 6.92 Å². The van der Waals surface area contributed by atoms with Crippen molar-refractivity contribution in [2.75, 3.05) is 10.6 Å². The van der Waals surface area contributed by atoms with Crippen LogP contribution in [0.15, 0.2) is 42.5 Å². The van der Waals surface area contributed by atoms with E-state index in [-0.39, 0.29) is 5.69 Å². The fourth-order valence-corrected chi connectivity index (χ4v) is 3.06. The highest BCUT2D eigenvalue weighted by molar-refractivity contribution is 5.97. The van der Waals surface area contributed by atoms with Crippen LogP contribution in [0.4, 0.5) is 24.5 Å². The maximum absolute atomic E-state index is 13.0. The summed E-state index contributed by atoms with van der Waals surface area (Å²) in [6.45, 7) is 1.62. The molecule has 1 atom stereocenters. The molecule has 1 amide bonds. The first-order valence-electron chi connectivity index (χ1n) is 8.20. The van der Waals surface area contributed by atoms with E-state index in [4.69, 9.17) is 0 Å². The number of fused-ring (bicyclic) bond motifs is 1. The Bertz CT molecular complexity index is 786.